The van der Waals surface area contributed by atoms with E-state index in [9.17, 15) is 0 Å². The van der Waals surface area contributed by atoms with Gasteiger partial charge in [0.1, 0.15) is 0 Å². The topological polar surface area (TPSA) is 6.48 Å². The van der Waals surface area contributed by atoms with Crippen molar-refractivity contribution in [3.63, 3.8) is 0 Å². The van der Waals surface area contributed by atoms with Gasteiger partial charge in [0, 0.05) is 34.1 Å². The van der Waals surface area contributed by atoms with E-state index in [1.165, 1.54) is 71.3 Å². The number of anilines is 6. The highest BCUT2D eigenvalue weighted by atomic mass is 15.1. The number of hydrogen-bond donors (Lipinski definition) is 0. The van der Waals surface area contributed by atoms with Gasteiger partial charge >= 0.3 is 0 Å². The van der Waals surface area contributed by atoms with Crippen molar-refractivity contribution < 1.29 is 0 Å². The Hall–Kier alpha value is -7.16. The molecule has 11 rings (SSSR count). The molecule has 1 aliphatic carbocycles. The van der Waals surface area contributed by atoms with Gasteiger partial charge in [0.2, 0.25) is 0 Å². The zero-order chi connectivity index (χ0) is 42.0. The third-order valence-corrected chi connectivity index (χ3v) is 13.4. The first kappa shape index (κ1) is 37.8. The van der Waals surface area contributed by atoms with Gasteiger partial charge in [0.05, 0.1) is 0 Å². The molecule has 0 atom stereocenters. The normalized spacial score (nSPS) is 13.3. The fourth-order valence-corrected chi connectivity index (χ4v) is 10.3. The molecule has 2 nitrogen and oxygen atoms in total. The summed E-state index contributed by atoms with van der Waals surface area (Å²) in [6, 6.07) is 73.7. The van der Waals surface area contributed by atoms with Crippen LogP contribution in [0.4, 0.5) is 34.1 Å². The highest BCUT2D eigenvalue weighted by Gasteiger charge is 2.32. The maximum atomic E-state index is 2.58. The molecule has 0 radical (unpaired) electrons. The first-order chi connectivity index (χ1) is 30.3. The minimum Gasteiger partial charge on any atom is -0.311 e. The minimum absolute atomic E-state index is 0.0466. The van der Waals surface area contributed by atoms with Crippen molar-refractivity contribution in [2.24, 2.45) is 0 Å². The highest BCUT2D eigenvalue weighted by Crippen LogP contribution is 2.52. The maximum absolute atomic E-state index is 2.58. The molecular formula is C60H50N2. The zero-order valence-corrected chi connectivity index (χ0v) is 35.9. The first-order valence-corrected chi connectivity index (χ1v) is 22.2. The van der Waals surface area contributed by atoms with Gasteiger partial charge in [0.15, 0.2) is 0 Å². The Morgan fingerprint density at radius 3 is 1.27 bits per heavy atom. The van der Waals surface area contributed by atoms with Crippen molar-refractivity contribution in [2.45, 2.75) is 51.9 Å². The fourth-order valence-electron chi connectivity index (χ4n) is 10.3. The Balaban J connectivity index is 1.10. The molecule has 10 aromatic carbocycles. The summed E-state index contributed by atoms with van der Waals surface area (Å²) in [5.74, 6) is 0.358. The lowest BCUT2D eigenvalue weighted by atomic mass is 9.69. The van der Waals surface area contributed by atoms with Crippen LogP contribution in [0.15, 0.2) is 200 Å². The number of nitrogens with zero attached hydrogens (tertiary/aromatic N) is 2. The van der Waals surface area contributed by atoms with Gasteiger partial charge in [-0.25, -0.2) is 0 Å². The molecule has 0 spiro atoms. The molecule has 0 heterocycles. The molecule has 0 saturated heterocycles. The van der Waals surface area contributed by atoms with Gasteiger partial charge in [-0.15, -0.1) is 0 Å². The van der Waals surface area contributed by atoms with Crippen molar-refractivity contribution in [3.05, 3.63) is 217 Å². The van der Waals surface area contributed by atoms with Crippen LogP contribution < -0.4 is 9.80 Å². The molecule has 62 heavy (non-hydrogen) atoms. The summed E-state index contributed by atoms with van der Waals surface area (Å²) in [4.78, 5) is 4.69. The predicted octanol–water partition coefficient (Wildman–Crippen LogP) is 17.2. The summed E-state index contributed by atoms with van der Waals surface area (Å²) in [7, 11) is 0. The lowest BCUT2D eigenvalue weighted by Gasteiger charge is -2.35. The number of rotatable bonds is 9. The average Bonchev–Trinajstić information content (AvgIpc) is 3.31. The molecule has 10 aromatic rings. The van der Waals surface area contributed by atoms with Crippen molar-refractivity contribution >= 4 is 66.4 Å². The molecule has 0 aliphatic heterocycles. The second kappa shape index (κ2) is 15.1. The van der Waals surface area contributed by atoms with Gasteiger partial charge in [-0.1, -0.05) is 137 Å². The molecule has 0 aromatic heterocycles. The quantitative estimate of drug-likeness (QED) is 0.134. The summed E-state index contributed by atoms with van der Waals surface area (Å²) < 4.78 is 0. The number of hydrogen-bond acceptors (Lipinski definition) is 2. The second-order valence-corrected chi connectivity index (χ2v) is 18.0. The zero-order valence-electron chi connectivity index (χ0n) is 35.9. The molecule has 0 amide bonds. The van der Waals surface area contributed by atoms with Gasteiger partial charge in [-0.3, -0.25) is 0 Å². The third kappa shape index (κ3) is 6.32. The number of benzene rings is 10. The van der Waals surface area contributed by atoms with Crippen LogP contribution in [0.3, 0.4) is 0 Å². The lowest BCUT2D eigenvalue weighted by Crippen LogP contribution is -2.23. The largest absolute Gasteiger partial charge is 0.311 e. The van der Waals surface area contributed by atoms with Crippen LogP contribution >= 0.6 is 0 Å². The Labute approximate surface area is 365 Å². The van der Waals surface area contributed by atoms with E-state index in [1.54, 1.807) is 0 Å². The molecule has 0 unspecified atom stereocenters. The fraction of sp³-hybridized carbons (Fsp3) is 0.133. The molecule has 0 bridgehead atoms. The Morgan fingerprint density at radius 2 is 0.823 bits per heavy atom. The smallest absolute Gasteiger partial charge is 0.0462 e. The van der Waals surface area contributed by atoms with Crippen molar-refractivity contribution in [1.82, 2.24) is 0 Å². The second-order valence-electron chi connectivity index (χ2n) is 18.0. The molecule has 2 heteroatoms. The van der Waals surface area contributed by atoms with Crippen LogP contribution in [0, 0.1) is 0 Å². The summed E-state index contributed by atoms with van der Waals surface area (Å²) in [6.45, 7) is 9.60. The van der Waals surface area contributed by atoms with Crippen LogP contribution in [0.2, 0.25) is 0 Å². The SMILES string of the molecule is CC(C)c1cc(-c2ccc(N(c3ccccc3)c3ccccc3)cc2)c2cc3c4c(cc(-c5ccc(N(c6ccccc6)c6ccccc6)cc5)c5ccc1c2c54)CCC3(C)C. The van der Waals surface area contributed by atoms with Crippen molar-refractivity contribution in [3.8, 4) is 22.3 Å². The summed E-state index contributed by atoms with van der Waals surface area (Å²) in [5, 5.41) is 8.35. The molecule has 0 saturated carbocycles. The maximum Gasteiger partial charge on any atom is 0.0462 e. The third-order valence-electron chi connectivity index (χ3n) is 13.4. The van der Waals surface area contributed by atoms with E-state index >= 15 is 0 Å². The van der Waals surface area contributed by atoms with E-state index < -0.39 is 0 Å². The molecule has 0 fully saturated rings. The first-order valence-electron chi connectivity index (χ1n) is 22.2. The van der Waals surface area contributed by atoms with E-state index in [2.05, 4.69) is 238 Å². The van der Waals surface area contributed by atoms with Crippen LogP contribution in [0.25, 0.3) is 54.6 Å². The van der Waals surface area contributed by atoms with E-state index in [0.29, 0.717) is 5.92 Å². The Kier molecular flexibility index (Phi) is 9.20. The number of aryl methyl sites for hydroxylation is 1. The van der Waals surface area contributed by atoms with E-state index in [4.69, 9.17) is 0 Å². The van der Waals surface area contributed by atoms with Gasteiger partial charge in [0.25, 0.3) is 0 Å². The van der Waals surface area contributed by atoms with Crippen LogP contribution in [0.1, 0.15) is 56.7 Å². The molecule has 1 aliphatic rings. The summed E-state index contributed by atoms with van der Waals surface area (Å²) in [6.07, 6.45) is 2.19. The summed E-state index contributed by atoms with van der Waals surface area (Å²) >= 11 is 0. The van der Waals surface area contributed by atoms with E-state index in [-0.39, 0.29) is 5.41 Å². The Bertz CT molecular complexity index is 3110. The highest BCUT2D eigenvalue weighted by molar-refractivity contribution is 6.30. The van der Waals surface area contributed by atoms with Crippen LogP contribution in [-0.4, -0.2) is 0 Å². The number of para-hydroxylation sites is 4. The van der Waals surface area contributed by atoms with Crippen LogP contribution in [-0.2, 0) is 11.8 Å². The standard InChI is InChI=1S/C60H50N2/c1-40(2)52-38-54(42-27-31-49(32-28-42)62(46-21-13-7-14-22-46)47-23-15-8-16-24-47)55-39-56-57-43(35-36-60(56,3)4)37-53(51-34-33-50(52)58(55)59(51)57)41-25-29-48(30-26-41)61(44-17-9-5-10-18-44)45-19-11-6-12-20-45/h5-34,37-40H,35-36H2,1-4H3. The van der Waals surface area contributed by atoms with Crippen LogP contribution in [0.5, 0.6) is 0 Å². The van der Waals surface area contributed by atoms with E-state index in [1.807, 2.05) is 0 Å². The van der Waals surface area contributed by atoms with Gasteiger partial charge in [-0.05, 0) is 186 Å². The van der Waals surface area contributed by atoms with Crippen molar-refractivity contribution in [2.75, 3.05) is 9.80 Å². The Morgan fingerprint density at radius 1 is 0.403 bits per heavy atom. The predicted molar refractivity (Wildman–Crippen MR) is 266 cm³/mol. The minimum atomic E-state index is 0.0466. The van der Waals surface area contributed by atoms with E-state index in [0.717, 1.165) is 47.0 Å². The molecule has 300 valence electrons. The van der Waals surface area contributed by atoms with Gasteiger partial charge in [-0.2, -0.15) is 0 Å². The average molecular weight is 799 g/mol. The molecular weight excluding hydrogens is 749 g/mol. The van der Waals surface area contributed by atoms with Crippen molar-refractivity contribution in [1.29, 1.82) is 0 Å². The lowest BCUT2D eigenvalue weighted by molar-refractivity contribution is 0.475. The van der Waals surface area contributed by atoms with Gasteiger partial charge < -0.3 is 9.80 Å². The molecule has 0 N–H and O–H groups in total. The monoisotopic (exact) mass is 798 g/mol. The summed E-state index contributed by atoms with van der Waals surface area (Å²) in [5.41, 5.74) is 16.4.